The Morgan fingerprint density at radius 3 is 1.35 bits per heavy atom. The van der Waals surface area contributed by atoms with E-state index in [0.29, 0.717) is 23.5 Å². The van der Waals surface area contributed by atoms with Gasteiger partial charge in [0.05, 0.1) is 0 Å². The van der Waals surface area contributed by atoms with Crippen LogP contribution in [-0.2, 0) is 0 Å². The first kappa shape index (κ1) is 35.1. The number of hydrogen-bond acceptors (Lipinski definition) is 10. The van der Waals surface area contributed by atoms with Crippen molar-refractivity contribution in [3.63, 3.8) is 0 Å². The maximum Gasteiger partial charge on any atom is 0.246 e. The molecule has 0 saturated carbocycles. The minimum absolute atomic E-state index is 0.533. The van der Waals surface area contributed by atoms with Crippen LogP contribution < -0.4 is 20.1 Å². The quantitative estimate of drug-likeness (QED) is 0.108. The van der Waals surface area contributed by atoms with E-state index in [1.54, 1.807) is 24.8 Å². The van der Waals surface area contributed by atoms with Crippen molar-refractivity contribution in [2.45, 2.75) is 27.7 Å². The van der Waals surface area contributed by atoms with E-state index in [2.05, 4.69) is 109 Å². The molecule has 0 unspecified atom stereocenters. The van der Waals surface area contributed by atoms with Crippen molar-refractivity contribution in [3.05, 3.63) is 156 Å². The lowest BCUT2D eigenvalue weighted by Gasteiger charge is -2.05. The van der Waals surface area contributed by atoms with Crippen molar-refractivity contribution >= 4 is 23.3 Å². The second-order valence-electron chi connectivity index (χ2n) is 12.6. The molecule has 12 nitrogen and oxygen atoms in total. The molecule has 12 heteroatoms. The van der Waals surface area contributed by atoms with Gasteiger partial charge in [-0.3, -0.25) is 20.2 Å². The Morgan fingerprint density at radius 2 is 0.889 bits per heavy atom. The normalized spacial score (nSPS) is 10.6. The summed E-state index contributed by atoms with van der Waals surface area (Å²) < 4.78 is 11.6. The van der Waals surface area contributed by atoms with Crippen molar-refractivity contribution in [2.24, 2.45) is 0 Å². The minimum Gasteiger partial charge on any atom is -0.457 e. The van der Waals surface area contributed by atoms with E-state index in [1.165, 1.54) is 22.3 Å². The maximum absolute atomic E-state index is 5.78. The van der Waals surface area contributed by atoms with Crippen LogP contribution in [0.25, 0.3) is 22.8 Å². The van der Waals surface area contributed by atoms with Crippen molar-refractivity contribution in [1.82, 2.24) is 40.3 Å². The summed E-state index contributed by atoms with van der Waals surface area (Å²) >= 11 is 0. The summed E-state index contributed by atoms with van der Waals surface area (Å²) in [6, 6.07) is 35.0. The number of benzene rings is 4. The number of ether oxygens (including phenoxy) is 2. The van der Waals surface area contributed by atoms with Crippen LogP contribution in [0.5, 0.6) is 23.0 Å². The van der Waals surface area contributed by atoms with Gasteiger partial charge in [-0.1, -0.05) is 12.1 Å². The topological polar surface area (TPSA) is 151 Å². The van der Waals surface area contributed by atoms with Gasteiger partial charge in [-0.2, -0.15) is 9.97 Å². The molecule has 0 saturated heterocycles. The summed E-state index contributed by atoms with van der Waals surface area (Å²) in [6.45, 7) is 8.31. The van der Waals surface area contributed by atoms with Gasteiger partial charge < -0.3 is 20.1 Å². The predicted octanol–water partition coefficient (Wildman–Crippen LogP) is 10.0. The number of rotatable bonds is 10. The highest BCUT2D eigenvalue weighted by Crippen LogP contribution is 2.27. The molecular weight excluding hydrogens is 677 g/mol. The zero-order chi connectivity index (χ0) is 37.3. The van der Waals surface area contributed by atoms with Gasteiger partial charge in [0.15, 0.2) is 11.6 Å². The Balaban J connectivity index is 0.000000167. The number of H-pyrrole nitrogens is 2. The standard InChI is InChI=1S/2C21H19N5O/c1-14-3-6-17(13-15(14)2)23-21-24-20(25-26-21)16-4-7-18(8-5-16)27-19-9-11-22-12-10-19;1-14-11-15(2)13-17(12-14)23-21-24-20(25-26-21)16-3-5-18(6-4-16)27-19-7-9-22-10-8-19/h2*3-13H,1-2H3,(H2,23,24,25,26). The van der Waals surface area contributed by atoms with Crippen LogP contribution in [0.15, 0.2) is 134 Å². The third kappa shape index (κ3) is 9.30. The van der Waals surface area contributed by atoms with Gasteiger partial charge in [0, 0.05) is 47.3 Å². The molecule has 0 spiro atoms. The Hall–Kier alpha value is -7.34. The summed E-state index contributed by atoms with van der Waals surface area (Å²) in [7, 11) is 0. The van der Waals surface area contributed by atoms with Crippen LogP contribution in [0.1, 0.15) is 22.3 Å². The Labute approximate surface area is 312 Å². The molecule has 0 amide bonds. The molecule has 4 aromatic heterocycles. The fourth-order valence-electron chi connectivity index (χ4n) is 5.46. The zero-order valence-corrected chi connectivity index (χ0v) is 30.2. The summed E-state index contributed by atoms with van der Waals surface area (Å²) in [6.07, 6.45) is 6.79. The van der Waals surface area contributed by atoms with Gasteiger partial charge in [0.25, 0.3) is 0 Å². The molecule has 0 aliphatic heterocycles. The Morgan fingerprint density at radius 1 is 0.444 bits per heavy atom. The molecule has 0 radical (unpaired) electrons. The van der Waals surface area contributed by atoms with Gasteiger partial charge >= 0.3 is 0 Å². The van der Waals surface area contributed by atoms with Crippen LogP contribution in [0, 0.1) is 27.7 Å². The monoisotopic (exact) mass is 714 g/mol. The highest BCUT2D eigenvalue weighted by Gasteiger charge is 2.09. The zero-order valence-electron chi connectivity index (χ0n) is 30.2. The van der Waals surface area contributed by atoms with Crippen molar-refractivity contribution in [2.75, 3.05) is 10.6 Å². The highest BCUT2D eigenvalue weighted by atomic mass is 16.5. The minimum atomic E-state index is 0.533. The lowest BCUT2D eigenvalue weighted by molar-refractivity contribution is 0.481. The molecule has 4 heterocycles. The van der Waals surface area contributed by atoms with Crippen molar-refractivity contribution in [3.8, 4) is 45.8 Å². The fourth-order valence-corrected chi connectivity index (χ4v) is 5.46. The number of hydrogen-bond donors (Lipinski definition) is 4. The Bertz CT molecular complexity index is 2410. The van der Waals surface area contributed by atoms with Gasteiger partial charge in [-0.25, -0.2) is 0 Å². The number of nitrogens with one attached hydrogen (secondary N) is 4. The summed E-state index contributed by atoms with van der Waals surface area (Å²) in [5, 5.41) is 20.9. The van der Waals surface area contributed by atoms with Crippen LogP contribution in [0.2, 0.25) is 0 Å². The number of nitrogens with zero attached hydrogens (tertiary/aromatic N) is 6. The first-order valence-corrected chi connectivity index (χ1v) is 17.2. The van der Waals surface area contributed by atoms with E-state index >= 15 is 0 Å². The lowest BCUT2D eigenvalue weighted by atomic mass is 10.1. The molecule has 0 atom stereocenters. The van der Waals surface area contributed by atoms with E-state index in [4.69, 9.17) is 9.47 Å². The second kappa shape index (κ2) is 16.3. The number of aromatic nitrogens is 8. The lowest BCUT2D eigenvalue weighted by Crippen LogP contribution is -1.93. The first-order chi connectivity index (χ1) is 26.3. The largest absolute Gasteiger partial charge is 0.457 e. The Kier molecular flexibility index (Phi) is 10.6. The number of pyridine rings is 2. The van der Waals surface area contributed by atoms with Crippen molar-refractivity contribution in [1.29, 1.82) is 0 Å². The molecule has 8 rings (SSSR count). The number of aryl methyl sites for hydroxylation is 4. The van der Waals surface area contributed by atoms with Crippen LogP contribution >= 0.6 is 0 Å². The molecule has 0 bridgehead atoms. The molecule has 8 aromatic rings. The molecule has 4 aromatic carbocycles. The summed E-state index contributed by atoms with van der Waals surface area (Å²) in [5.41, 5.74) is 8.65. The van der Waals surface area contributed by atoms with Gasteiger partial charge in [0.1, 0.15) is 23.0 Å². The third-order valence-corrected chi connectivity index (χ3v) is 8.24. The van der Waals surface area contributed by atoms with E-state index in [-0.39, 0.29) is 0 Å². The SMILES string of the molecule is Cc1cc(C)cc(Nc2n[nH]c(-c3ccc(Oc4ccncc4)cc3)n2)c1.Cc1ccc(Nc2n[nH]c(-c3ccc(Oc4ccncc4)cc3)n2)cc1C. The van der Waals surface area contributed by atoms with E-state index in [1.807, 2.05) is 78.9 Å². The maximum atomic E-state index is 5.78. The summed E-state index contributed by atoms with van der Waals surface area (Å²) in [5.74, 6) is 5.44. The van der Waals surface area contributed by atoms with Crippen molar-refractivity contribution < 1.29 is 9.47 Å². The van der Waals surface area contributed by atoms with E-state index in [9.17, 15) is 0 Å². The molecule has 0 aliphatic rings. The molecule has 4 N–H and O–H groups in total. The number of anilines is 4. The summed E-state index contributed by atoms with van der Waals surface area (Å²) in [4.78, 5) is 17.0. The van der Waals surface area contributed by atoms with Gasteiger partial charge in [-0.15, -0.1) is 10.2 Å². The average molecular weight is 715 g/mol. The van der Waals surface area contributed by atoms with E-state index in [0.717, 1.165) is 45.5 Å². The molecule has 54 heavy (non-hydrogen) atoms. The first-order valence-electron chi connectivity index (χ1n) is 17.2. The smallest absolute Gasteiger partial charge is 0.246 e. The molecule has 268 valence electrons. The van der Waals surface area contributed by atoms with Crippen LogP contribution in [-0.4, -0.2) is 40.3 Å². The molecular formula is C42H38N10O2. The second-order valence-corrected chi connectivity index (χ2v) is 12.6. The number of aromatic amines is 2. The average Bonchev–Trinajstić information content (AvgIpc) is 3.85. The van der Waals surface area contributed by atoms with Gasteiger partial charge in [-0.05, 0) is 147 Å². The van der Waals surface area contributed by atoms with Gasteiger partial charge in [0.2, 0.25) is 11.9 Å². The molecule has 0 aliphatic carbocycles. The van der Waals surface area contributed by atoms with Crippen LogP contribution in [0.3, 0.4) is 0 Å². The molecule has 0 fully saturated rings. The van der Waals surface area contributed by atoms with Crippen LogP contribution in [0.4, 0.5) is 23.3 Å². The third-order valence-electron chi connectivity index (χ3n) is 8.24. The fraction of sp³-hybridized carbons (Fsp3) is 0.0952. The highest BCUT2D eigenvalue weighted by molar-refractivity contribution is 5.62. The predicted molar refractivity (Wildman–Crippen MR) is 211 cm³/mol. The van der Waals surface area contributed by atoms with E-state index < -0.39 is 0 Å².